The highest BCUT2D eigenvalue weighted by Gasteiger charge is 2.22. The van der Waals surface area contributed by atoms with Crippen LogP contribution in [0.5, 0.6) is 0 Å². The van der Waals surface area contributed by atoms with Crippen molar-refractivity contribution in [2.45, 2.75) is 26.9 Å². The standard InChI is InChI=1S/C18H24N8O2/c1-11-13(8-21-24(11)3)6-19-17(27)15-10-23-26(5)16(15)18(28)20-7-14-9-22-25(4)12(14)2/h8-10H,6-7H2,1-5H3,(H,19,27)(H,20,28). The third-order valence-corrected chi connectivity index (χ3v) is 4.95. The number of aromatic nitrogens is 6. The third-order valence-electron chi connectivity index (χ3n) is 4.95. The summed E-state index contributed by atoms with van der Waals surface area (Å²) in [6, 6.07) is 0. The number of nitrogens with one attached hydrogen (secondary N) is 2. The van der Waals surface area contributed by atoms with Gasteiger partial charge in [0.1, 0.15) is 5.69 Å². The maximum Gasteiger partial charge on any atom is 0.270 e. The van der Waals surface area contributed by atoms with Crippen molar-refractivity contribution in [3.63, 3.8) is 0 Å². The van der Waals surface area contributed by atoms with E-state index in [0.717, 1.165) is 22.5 Å². The molecule has 3 aromatic rings. The van der Waals surface area contributed by atoms with Crippen LogP contribution in [0.4, 0.5) is 0 Å². The first-order chi connectivity index (χ1) is 13.3. The molecule has 0 unspecified atom stereocenters. The van der Waals surface area contributed by atoms with Gasteiger partial charge in [-0.1, -0.05) is 0 Å². The maximum atomic E-state index is 12.7. The molecule has 0 aliphatic rings. The molecule has 0 fully saturated rings. The zero-order valence-electron chi connectivity index (χ0n) is 16.6. The first-order valence-electron chi connectivity index (χ1n) is 8.83. The van der Waals surface area contributed by atoms with Crippen molar-refractivity contribution < 1.29 is 9.59 Å². The molecule has 2 N–H and O–H groups in total. The van der Waals surface area contributed by atoms with Gasteiger partial charge in [0.05, 0.1) is 24.2 Å². The molecule has 10 nitrogen and oxygen atoms in total. The second-order valence-corrected chi connectivity index (χ2v) is 6.65. The fourth-order valence-electron chi connectivity index (χ4n) is 2.84. The van der Waals surface area contributed by atoms with Crippen molar-refractivity contribution in [1.29, 1.82) is 0 Å². The Labute approximate surface area is 162 Å². The normalized spacial score (nSPS) is 10.9. The quantitative estimate of drug-likeness (QED) is 0.638. The minimum absolute atomic E-state index is 0.210. The zero-order chi connectivity index (χ0) is 20.4. The van der Waals surface area contributed by atoms with Gasteiger partial charge in [-0.05, 0) is 13.8 Å². The van der Waals surface area contributed by atoms with E-state index in [1.54, 1.807) is 28.8 Å². The Morgan fingerprint density at radius 1 is 0.786 bits per heavy atom. The Balaban J connectivity index is 1.69. The van der Waals surface area contributed by atoms with Crippen molar-refractivity contribution >= 4 is 11.8 Å². The van der Waals surface area contributed by atoms with E-state index in [4.69, 9.17) is 0 Å². The van der Waals surface area contributed by atoms with Gasteiger partial charge in [-0.25, -0.2) is 0 Å². The Morgan fingerprint density at radius 3 is 1.71 bits per heavy atom. The minimum atomic E-state index is -0.369. The van der Waals surface area contributed by atoms with Gasteiger partial charge in [-0.15, -0.1) is 0 Å². The van der Waals surface area contributed by atoms with Gasteiger partial charge in [-0.2, -0.15) is 15.3 Å². The SMILES string of the molecule is Cc1c(CNC(=O)c2cnn(C)c2C(=O)NCc2cnn(C)c2C)cnn1C. The molecule has 148 valence electrons. The highest BCUT2D eigenvalue weighted by atomic mass is 16.2. The second kappa shape index (κ2) is 7.67. The van der Waals surface area contributed by atoms with Crippen LogP contribution >= 0.6 is 0 Å². The molecule has 2 amide bonds. The second-order valence-electron chi connectivity index (χ2n) is 6.65. The van der Waals surface area contributed by atoms with Crippen molar-refractivity contribution in [3.05, 3.63) is 52.4 Å². The summed E-state index contributed by atoms with van der Waals surface area (Å²) in [4.78, 5) is 25.3. The van der Waals surface area contributed by atoms with E-state index in [-0.39, 0.29) is 23.1 Å². The van der Waals surface area contributed by atoms with Gasteiger partial charge in [0, 0.05) is 56.7 Å². The van der Waals surface area contributed by atoms with E-state index in [2.05, 4.69) is 25.9 Å². The maximum absolute atomic E-state index is 12.7. The van der Waals surface area contributed by atoms with Gasteiger partial charge in [0.25, 0.3) is 11.8 Å². The largest absolute Gasteiger partial charge is 0.348 e. The number of carbonyl (C=O) groups excluding carboxylic acids is 2. The lowest BCUT2D eigenvalue weighted by atomic mass is 10.2. The zero-order valence-corrected chi connectivity index (χ0v) is 16.6. The van der Waals surface area contributed by atoms with Crippen LogP contribution in [0, 0.1) is 13.8 Å². The van der Waals surface area contributed by atoms with Crippen molar-refractivity contribution in [1.82, 2.24) is 40.0 Å². The number of hydrogen-bond acceptors (Lipinski definition) is 5. The molecule has 0 aromatic carbocycles. The van der Waals surface area contributed by atoms with E-state index in [1.807, 2.05) is 27.9 Å². The average molecular weight is 384 g/mol. The molecule has 3 rings (SSSR count). The van der Waals surface area contributed by atoms with Crippen LogP contribution in [0.25, 0.3) is 0 Å². The minimum Gasteiger partial charge on any atom is -0.348 e. The van der Waals surface area contributed by atoms with Crippen molar-refractivity contribution in [2.24, 2.45) is 21.1 Å². The summed E-state index contributed by atoms with van der Waals surface area (Å²) >= 11 is 0. The van der Waals surface area contributed by atoms with E-state index in [9.17, 15) is 9.59 Å². The predicted octanol–water partition coefficient (Wildman–Crippen LogP) is 0.364. The summed E-state index contributed by atoms with van der Waals surface area (Å²) in [5.41, 5.74) is 4.20. The Bertz CT molecular complexity index is 1030. The molecule has 28 heavy (non-hydrogen) atoms. The predicted molar refractivity (Wildman–Crippen MR) is 101 cm³/mol. The van der Waals surface area contributed by atoms with Crippen LogP contribution < -0.4 is 10.6 Å². The third kappa shape index (κ3) is 3.66. The van der Waals surface area contributed by atoms with Crippen molar-refractivity contribution in [3.8, 4) is 0 Å². The number of amides is 2. The lowest BCUT2D eigenvalue weighted by Crippen LogP contribution is -2.30. The van der Waals surface area contributed by atoms with Crippen LogP contribution in [0.2, 0.25) is 0 Å². The van der Waals surface area contributed by atoms with E-state index < -0.39 is 0 Å². The molecule has 0 aliphatic carbocycles. The molecule has 3 aromatic heterocycles. The number of carbonyl (C=O) groups is 2. The first-order valence-corrected chi connectivity index (χ1v) is 8.83. The number of aryl methyl sites for hydroxylation is 3. The molecule has 0 saturated carbocycles. The Kier molecular flexibility index (Phi) is 5.30. The van der Waals surface area contributed by atoms with E-state index >= 15 is 0 Å². The number of rotatable bonds is 6. The summed E-state index contributed by atoms with van der Waals surface area (Å²) in [5, 5.41) is 18.0. The molecule has 0 atom stereocenters. The lowest BCUT2D eigenvalue weighted by molar-refractivity contribution is 0.0911. The van der Waals surface area contributed by atoms with Gasteiger partial charge < -0.3 is 10.6 Å². The summed E-state index contributed by atoms with van der Waals surface area (Å²) < 4.78 is 4.88. The Hall–Kier alpha value is -3.43. The van der Waals surface area contributed by atoms with E-state index in [1.165, 1.54) is 10.9 Å². The summed E-state index contributed by atoms with van der Waals surface area (Å²) in [5.74, 6) is -0.731. The molecule has 3 heterocycles. The number of hydrogen-bond donors (Lipinski definition) is 2. The van der Waals surface area contributed by atoms with E-state index in [0.29, 0.717) is 13.1 Å². The fraction of sp³-hybridized carbons (Fsp3) is 0.389. The Morgan fingerprint density at radius 2 is 1.25 bits per heavy atom. The van der Waals surface area contributed by atoms with Crippen LogP contribution in [-0.2, 0) is 34.2 Å². The number of nitrogens with zero attached hydrogens (tertiary/aromatic N) is 6. The topological polar surface area (TPSA) is 112 Å². The summed E-state index contributed by atoms with van der Waals surface area (Å²) in [6.45, 7) is 4.50. The first kappa shape index (κ1) is 19.3. The van der Waals surface area contributed by atoms with Crippen LogP contribution in [-0.4, -0.2) is 41.2 Å². The molecule has 0 radical (unpaired) electrons. The summed E-state index contributed by atoms with van der Waals surface area (Å²) in [7, 11) is 5.31. The van der Waals surface area contributed by atoms with Gasteiger partial charge in [0.2, 0.25) is 0 Å². The molecule has 0 bridgehead atoms. The molecule has 0 aliphatic heterocycles. The van der Waals surface area contributed by atoms with Crippen LogP contribution in [0.1, 0.15) is 43.4 Å². The highest BCUT2D eigenvalue weighted by Crippen LogP contribution is 2.11. The highest BCUT2D eigenvalue weighted by molar-refractivity contribution is 6.06. The lowest BCUT2D eigenvalue weighted by Gasteiger charge is -2.09. The van der Waals surface area contributed by atoms with Crippen LogP contribution in [0.15, 0.2) is 18.6 Å². The smallest absolute Gasteiger partial charge is 0.270 e. The fourth-order valence-corrected chi connectivity index (χ4v) is 2.84. The molecule has 0 saturated heterocycles. The molecule has 10 heteroatoms. The monoisotopic (exact) mass is 384 g/mol. The van der Waals surface area contributed by atoms with Gasteiger partial charge in [-0.3, -0.25) is 23.6 Å². The molecular weight excluding hydrogens is 360 g/mol. The van der Waals surface area contributed by atoms with Gasteiger partial charge >= 0.3 is 0 Å². The van der Waals surface area contributed by atoms with Gasteiger partial charge in [0.15, 0.2) is 0 Å². The van der Waals surface area contributed by atoms with Crippen LogP contribution in [0.3, 0.4) is 0 Å². The average Bonchev–Trinajstić information content (AvgIpc) is 3.31. The molecular formula is C18H24N8O2. The molecule has 0 spiro atoms. The summed E-state index contributed by atoms with van der Waals surface area (Å²) in [6.07, 6.45) is 4.82. The van der Waals surface area contributed by atoms with Crippen molar-refractivity contribution in [2.75, 3.05) is 0 Å².